The van der Waals surface area contributed by atoms with E-state index in [0.717, 1.165) is 6.42 Å². The third-order valence-electron chi connectivity index (χ3n) is 8.99. The summed E-state index contributed by atoms with van der Waals surface area (Å²) in [6, 6.07) is 0. The molecule has 2 saturated heterocycles. The average molecular weight is 437 g/mol. The van der Waals surface area contributed by atoms with Crippen LogP contribution in [0.3, 0.4) is 0 Å². The summed E-state index contributed by atoms with van der Waals surface area (Å²) < 4.78 is 23.5. The fourth-order valence-electron chi connectivity index (χ4n) is 8.17. The van der Waals surface area contributed by atoms with Crippen molar-refractivity contribution in [1.82, 2.24) is 0 Å². The van der Waals surface area contributed by atoms with Gasteiger partial charge in [0.2, 0.25) is 0 Å². The van der Waals surface area contributed by atoms with Crippen molar-refractivity contribution in [3.63, 3.8) is 0 Å². The van der Waals surface area contributed by atoms with Gasteiger partial charge in [0.25, 0.3) is 0 Å². The van der Waals surface area contributed by atoms with Gasteiger partial charge in [0.1, 0.15) is 17.6 Å². The first kappa shape index (κ1) is 21.4. The molecule has 3 aliphatic carbocycles. The number of ether oxygens (including phenoxy) is 4. The van der Waals surface area contributed by atoms with E-state index in [1.165, 1.54) is 14.0 Å². The van der Waals surface area contributed by atoms with E-state index in [9.17, 15) is 19.8 Å². The number of carbonyl (C=O) groups excluding carboxylic acids is 2. The quantitative estimate of drug-likeness (QED) is 0.495. The molecule has 5 fully saturated rings. The van der Waals surface area contributed by atoms with Gasteiger partial charge in [-0.3, -0.25) is 9.59 Å². The standard InChI is InChI=1S/C23H32O8/c1-10-12-8-13(25)15-22(9-12,17(10)29-11(2)24)19(27)30-14-6-7-21(3,4)16-18(26)31-20(28-5)23(14,15)16/h12-18,20,25-26H,1,6-9H2,2-5H3/t12-,13-,14+,15+,16+,17+,18+,20-,22-,23+/m0/s1. The Morgan fingerprint density at radius 2 is 1.97 bits per heavy atom. The number of esters is 2. The Morgan fingerprint density at radius 3 is 2.61 bits per heavy atom. The topological polar surface area (TPSA) is 112 Å². The minimum absolute atomic E-state index is 0.153. The van der Waals surface area contributed by atoms with Gasteiger partial charge in [-0.2, -0.15) is 0 Å². The Balaban J connectivity index is 1.76. The largest absolute Gasteiger partial charge is 0.461 e. The summed E-state index contributed by atoms with van der Waals surface area (Å²) in [6.45, 7) is 9.59. The highest BCUT2D eigenvalue weighted by Gasteiger charge is 2.82. The first-order valence-electron chi connectivity index (χ1n) is 11.1. The van der Waals surface area contributed by atoms with Crippen LogP contribution in [0.1, 0.15) is 46.5 Å². The van der Waals surface area contributed by atoms with Crippen molar-refractivity contribution >= 4 is 11.9 Å². The molecule has 2 heterocycles. The Morgan fingerprint density at radius 1 is 1.26 bits per heavy atom. The molecule has 2 N–H and O–H groups in total. The van der Waals surface area contributed by atoms with E-state index >= 15 is 0 Å². The molecule has 8 nitrogen and oxygen atoms in total. The summed E-state index contributed by atoms with van der Waals surface area (Å²) in [5.41, 5.74) is -1.96. The van der Waals surface area contributed by atoms with Crippen molar-refractivity contribution in [3.8, 4) is 0 Å². The second kappa shape index (κ2) is 6.53. The summed E-state index contributed by atoms with van der Waals surface area (Å²) >= 11 is 0. The van der Waals surface area contributed by atoms with Crippen LogP contribution in [0, 0.1) is 34.0 Å². The third kappa shape index (κ3) is 2.39. The van der Waals surface area contributed by atoms with Gasteiger partial charge in [-0.05, 0) is 42.6 Å². The van der Waals surface area contributed by atoms with Crippen LogP contribution in [0.5, 0.6) is 0 Å². The molecule has 3 saturated carbocycles. The second-order valence-electron chi connectivity index (χ2n) is 10.8. The smallest absolute Gasteiger partial charge is 0.316 e. The zero-order valence-electron chi connectivity index (χ0n) is 18.5. The maximum Gasteiger partial charge on any atom is 0.316 e. The lowest BCUT2D eigenvalue weighted by atomic mass is 9.43. The number of fused-ring (bicyclic) bond motifs is 1. The van der Waals surface area contributed by atoms with Crippen LogP contribution in [-0.2, 0) is 28.5 Å². The maximum atomic E-state index is 13.7. The molecule has 0 radical (unpaired) electrons. The molecule has 8 heteroatoms. The lowest BCUT2D eigenvalue weighted by Crippen LogP contribution is -2.73. The molecule has 2 spiro atoms. The molecular formula is C23H32O8. The number of aliphatic hydroxyl groups is 2. The minimum Gasteiger partial charge on any atom is -0.461 e. The van der Waals surface area contributed by atoms with E-state index in [-0.39, 0.29) is 11.3 Å². The van der Waals surface area contributed by atoms with E-state index in [4.69, 9.17) is 18.9 Å². The summed E-state index contributed by atoms with van der Waals surface area (Å²) in [5, 5.41) is 22.6. The molecule has 0 aromatic heterocycles. The van der Waals surface area contributed by atoms with Gasteiger partial charge < -0.3 is 29.2 Å². The first-order valence-corrected chi connectivity index (χ1v) is 11.1. The van der Waals surface area contributed by atoms with Gasteiger partial charge in [-0.1, -0.05) is 20.4 Å². The van der Waals surface area contributed by atoms with E-state index < -0.39 is 65.5 Å². The average Bonchev–Trinajstić information content (AvgIpc) is 3.09. The summed E-state index contributed by atoms with van der Waals surface area (Å²) in [7, 11) is 1.51. The van der Waals surface area contributed by atoms with Crippen molar-refractivity contribution in [3.05, 3.63) is 12.2 Å². The fraction of sp³-hybridized carbons (Fsp3) is 0.826. The van der Waals surface area contributed by atoms with Gasteiger partial charge in [0.15, 0.2) is 12.6 Å². The Kier molecular flexibility index (Phi) is 4.50. The molecule has 0 unspecified atom stereocenters. The van der Waals surface area contributed by atoms with E-state index in [0.29, 0.717) is 24.8 Å². The van der Waals surface area contributed by atoms with Crippen LogP contribution in [0.25, 0.3) is 0 Å². The highest BCUT2D eigenvalue weighted by molar-refractivity contribution is 5.83. The molecule has 0 aromatic carbocycles. The number of hydrogen-bond acceptors (Lipinski definition) is 8. The second-order valence-corrected chi connectivity index (χ2v) is 10.8. The lowest BCUT2D eigenvalue weighted by molar-refractivity contribution is -0.299. The van der Waals surface area contributed by atoms with Gasteiger partial charge >= 0.3 is 11.9 Å². The molecule has 10 atom stereocenters. The highest BCUT2D eigenvalue weighted by atomic mass is 16.7. The number of methoxy groups -OCH3 is 1. The molecule has 5 aliphatic rings. The first-order chi connectivity index (χ1) is 14.5. The van der Waals surface area contributed by atoms with Gasteiger partial charge in [-0.25, -0.2) is 0 Å². The van der Waals surface area contributed by atoms with Crippen LogP contribution >= 0.6 is 0 Å². The number of carbonyl (C=O) groups is 2. The van der Waals surface area contributed by atoms with Gasteiger partial charge in [0, 0.05) is 25.9 Å². The Labute approximate surface area is 181 Å². The predicted octanol–water partition coefficient (Wildman–Crippen LogP) is 1.53. The normalized spacial score (nSPS) is 52.1. The number of rotatable bonds is 2. The molecule has 2 aliphatic heterocycles. The summed E-state index contributed by atoms with van der Waals surface area (Å²) in [6.07, 6.45) is -2.24. The Bertz CT molecular complexity index is 837. The minimum atomic E-state index is -1.28. The van der Waals surface area contributed by atoms with Crippen molar-refractivity contribution in [2.75, 3.05) is 7.11 Å². The molecule has 0 aromatic rings. The van der Waals surface area contributed by atoms with Crippen molar-refractivity contribution in [2.24, 2.45) is 34.0 Å². The van der Waals surface area contributed by atoms with Crippen LogP contribution < -0.4 is 0 Å². The van der Waals surface area contributed by atoms with E-state index in [1.807, 2.05) is 0 Å². The van der Waals surface area contributed by atoms with Crippen LogP contribution in [-0.4, -0.2) is 60.2 Å². The Hall–Kier alpha value is -1.48. The van der Waals surface area contributed by atoms with Gasteiger partial charge in [-0.15, -0.1) is 0 Å². The molecule has 172 valence electrons. The van der Waals surface area contributed by atoms with Crippen molar-refractivity contribution in [1.29, 1.82) is 0 Å². The van der Waals surface area contributed by atoms with E-state index in [2.05, 4.69) is 20.4 Å². The summed E-state index contributed by atoms with van der Waals surface area (Å²) in [5.74, 6) is -2.23. The number of hydrogen-bond donors (Lipinski definition) is 2. The zero-order valence-corrected chi connectivity index (χ0v) is 18.5. The molecule has 5 rings (SSSR count). The predicted molar refractivity (Wildman–Crippen MR) is 106 cm³/mol. The third-order valence-corrected chi connectivity index (χ3v) is 8.99. The van der Waals surface area contributed by atoms with Crippen LogP contribution in [0.15, 0.2) is 12.2 Å². The maximum absolute atomic E-state index is 13.7. The number of aliphatic hydroxyl groups excluding tert-OH is 2. The fourth-order valence-corrected chi connectivity index (χ4v) is 8.17. The van der Waals surface area contributed by atoms with Gasteiger partial charge in [0.05, 0.1) is 11.5 Å². The molecular weight excluding hydrogens is 404 g/mol. The zero-order chi connectivity index (χ0) is 22.5. The monoisotopic (exact) mass is 436 g/mol. The van der Waals surface area contributed by atoms with E-state index in [1.54, 1.807) is 0 Å². The highest BCUT2D eigenvalue weighted by Crippen LogP contribution is 2.73. The molecule has 2 bridgehead atoms. The van der Waals surface area contributed by atoms with Crippen molar-refractivity contribution < 1.29 is 38.7 Å². The lowest BCUT2D eigenvalue weighted by Gasteiger charge is -2.64. The van der Waals surface area contributed by atoms with Crippen LogP contribution in [0.4, 0.5) is 0 Å². The molecule has 0 amide bonds. The molecule has 31 heavy (non-hydrogen) atoms. The van der Waals surface area contributed by atoms with Crippen LogP contribution in [0.2, 0.25) is 0 Å². The SMILES string of the molecule is C=C1[C@H]2C[C@H](O)[C@@H]3[C@](C2)(C(=O)O[C@@H]2CCC(C)(C)[C@H]4[C@H](O)O[C@H](OC)[C@@]432)[C@@H]1OC(C)=O. The summed E-state index contributed by atoms with van der Waals surface area (Å²) in [4.78, 5) is 25.7. The van der Waals surface area contributed by atoms with Crippen molar-refractivity contribution in [2.45, 2.75) is 77.3 Å².